The van der Waals surface area contributed by atoms with E-state index < -0.39 is 0 Å². The number of hydrogen-bond acceptors (Lipinski definition) is 2. The van der Waals surface area contributed by atoms with E-state index in [4.69, 9.17) is 0 Å². The number of alkyl halides is 1. The van der Waals surface area contributed by atoms with Crippen molar-refractivity contribution < 1.29 is 5.11 Å². The molecular weight excluding hydrogens is 253 g/mol. The highest BCUT2D eigenvalue weighted by atomic mass is 127. The Morgan fingerprint density at radius 1 is 1.64 bits per heavy atom. The first-order valence-electron chi connectivity index (χ1n) is 4.27. The first-order chi connectivity index (χ1) is 5.27. The molecule has 2 aliphatic heterocycles. The van der Waals surface area contributed by atoms with Gasteiger partial charge in [-0.1, -0.05) is 22.6 Å². The van der Waals surface area contributed by atoms with Crippen molar-refractivity contribution in [3.8, 4) is 0 Å². The largest absolute Gasteiger partial charge is 0.394 e. The van der Waals surface area contributed by atoms with Crippen LogP contribution in [0.2, 0.25) is 0 Å². The molecule has 1 N–H and O–H groups in total. The summed E-state index contributed by atoms with van der Waals surface area (Å²) >= 11 is 2.50. The van der Waals surface area contributed by atoms with Gasteiger partial charge in [0.2, 0.25) is 0 Å². The van der Waals surface area contributed by atoms with Gasteiger partial charge in [0.15, 0.2) is 0 Å². The van der Waals surface area contributed by atoms with Gasteiger partial charge in [-0.15, -0.1) is 0 Å². The third kappa shape index (κ3) is 1.21. The molecule has 2 aliphatic rings. The van der Waals surface area contributed by atoms with Crippen LogP contribution in [0.15, 0.2) is 0 Å². The SMILES string of the molecule is OCC12CCCN1CC(I)C2. The monoisotopic (exact) mass is 267 g/mol. The summed E-state index contributed by atoms with van der Waals surface area (Å²) in [6.07, 6.45) is 3.69. The predicted octanol–water partition coefficient (Wildman–Crippen LogP) is 1.02. The minimum Gasteiger partial charge on any atom is -0.394 e. The molecule has 2 unspecified atom stereocenters. The Bertz CT molecular complexity index is 164. The first kappa shape index (κ1) is 8.26. The minimum absolute atomic E-state index is 0.200. The van der Waals surface area contributed by atoms with Crippen LogP contribution in [0, 0.1) is 0 Å². The summed E-state index contributed by atoms with van der Waals surface area (Å²) in [4.78, 5) is 2.48. The molecule has 0 aliphatic carbocycles. The Kier molecular flexibility index (Phi) is 2.14. The Morgan fingerprint density at radius 2 is 2.45 bits per heavy atom. The lowest BCUT2D eigenvalue weighted by atomic mass is 9.95. The molecule has 3 heteroatoms. The first-order valence-corrected chi connectivity index (χ1v) is 5.51. The van der Waals surface area contributed by atoms with Crippen LogP contribution < -0.4 is 0 Å². The van der Waals surface area contributed by atoms with Crippen LogP contribution in [0.5, 0.6) is 0 Å². The van der Waals surface area contributed by atoms with Crippen LogP contribution in [0.3, 0.4) is 0 Å². The lowest BCUT2D eigenvalue weighted by molar-refractivity contribution is 0.0999. The number of fused-ring (bicyclic) bond motifs is 1. The maximum atomic E-state index is 9.30. The molecule has 2 fully saturated rings. The molecule has 0 aromatic carbocycles. The molecule has 2 nitrogen and oxygen atoms in total. The number of hydrogen-bond donors (Lipinski definition) is 1. The summed E-state index contributed by atoms with van der Waals surface area (Å²) in [6.45, 7) is 2.77. The number of aliphatic hydroxyl groups excluding tert-OH is 1. The van der Waals surface area contributed by atoms with Crippen molar-refractivity contribution in [2.45, 2.75) is 28.7 Å². The van der Waals surface area contributed by atoms with Crippen LogP contribution in [-0.4, -0.2) is 39.2 Å². The second-order valence-corrected chi connectivity index (χ2v) is 5.50. The zero-order valence-electron chi connectivity index (χ0n) is 6.59. The Labute approximate surface area is 81.1 Å². The van der Waals surface area contributed by atoms with Gasteiger partial charge in [-0.05, 0) is 25.8 Å². The molecule has 0 spiro atoms. The fourth-order valence-electron chi connectivity index (χ4n) is 2.47. The smallest absolute Gasteiger partial charge is 0.0615 e. The van der Waals surface area contributed by atoms with Crippen molar-refractivity contribution in [3.05, 3.63) is 0 Å². The minimum atomic E-state index is 0.200. The third-order valence-electron chi connectivity index (χ3n) is 3.06. The number of nitrogens with zero attached hydrogens (tertiary/aromatic N) is 1. The van der Waals surface area contributed by atoms with Gasteiger partial charge < -0.3 is 5.11 Å². The molecule has 0 aromatic heterocycles. The lowest BCUT2D eigenvalue weighted by Gasteiger charge is -2.29. The molecule has 0 aromatic rings. The summed E-state index contributed by atoms with van der Waals surface area (Å²) < 4.78 is 0.764. The van der Waals surface area contributed by atoms with Crippen molar-refractivity contribution >= 4 is 22.6 Å². The summed E-state index contributed by atoms with van der Waals surface area (Å²) in [5.74, 6) is 0. The molecule has 2 saturated heterocycles. The molecule has 64 valence electrons. The molecular formula is C8H14INO. The van der Waals surface area contributed by atoms with E-state index in [0.29, 0.717) is 6.61 Å². The van der Waals surface area contributed by atoms with Gasteiger partial charge >= 0.3 is 0 Å². The quantitative estimate of drug-likeness (QED) is 0.566. The highest BCUT2D eigenvalue weighted by Crippen LogP contribution is 2.40. The van der Waals surface area contributed by atoms with Crippen LogP contribution in [0.25, 0.3) is 0 Å². The third-order valence-corrected chi connectivity index (χ3v) is 3.89. The van der Waals surface area contributed by atoms with E-state index in [0.717, 1.165) is 3.92 Å². The normalized spacial score (nSPS) is 44.7. The zero-order valence-corrected chi connectivity index (χ0v) is 8.75. The second-order valence-electron chi connectivity index (χ2n) is 3.73. The number of halogens is 1. The van der Waals surface area contributed by atoms with Gasteiger partial charge in [0.1, 0.15) is 0 Å². The van der Waals surface area contributed by atoms with Crippen molar-refractivity contribution in [2.24, 2.45) is 0 Å². The lowest BCUT2D eigenvalue weighted by Crippen LogP contribution is -2.41. The van der Waals surface area contributed by atoms with E-state index in [1.807, 2.05) is 0 Å². The number of aliphatic hydroxyl groups is 1. The van der Waals surface area contributed by atoms with Crippen LogP contribution >= 0.6 is 22.6 Å². The van der Waals surface area contributed by atoms with E-state index >= 15 is 0 Å². The predicted molar refractivity (Wildman–Crippen MR) is 53.0 cm³/mol. The van der Waals surface area contributed by atoms with Crippen LogP contribution in [0.4, 0.5) is 0 Å². The van der Waals surface area contributed by atoms with Crippen molar-refractivity contribution in [1.82, 2.24) is 4.90 Å². The molecule has 2 rings (SSSR count). The fraction of sp³-hybridized carbons (Fsp3) is 1.00. The van der Waals surface area contributed by atoms with E-state index in [9.17, 15) is 5.11 Å². The average molecular weight is 267 g/mol. The van der Waals surface area contributed by atoms with E-state index in [2.05, 4.69) is 27.5 Å². The standard InChI is InChI=1S/C8H14INO/c9-7-4-8(6-11)2-1-3-10(8)5-7/h7,11H,1-6H2. The molecule has 0 bridgehead atoms. The van der Waals surface area contributed by atoms with E-state index in [1.54, 1.807) is 0 Å². The molecule has 2 heterocycles. The topological polar surface area (TPSA) is 23.5 Å². The van der Waals surface area contributed by atoms with E-state index in [1.165, 1.54) is 32.4 Å². The second kappa shape index (κ2) is 2.85. The average Bonchev–Trinajstić information content (AvgIpc) is 2.43. The highest BCUT2D eigenvalue weighted by molar-refractivity contribution is 14.1. The summed E-state index contributed by atoms with van der Waals surface area (Å²) in [6, 6.07) is 0. The highest BCUT2D eigenvalue weighted by Gasteiger charge is 2.46. The molecule has 0 amide bonds. The summed E-state index contributed by atoms with van der Waals surface area (Å²) in [7, 11) is 0. The zero-order chi connectivity index (χ0) is 7.90. The van der Waals surface area contributed by atoms with Gasteiger partial charge in [0.05, 0.1) is 6.61 Å². The van der Waals surface area contributed by atoms with Crippen molar-refractivity contribution in [3.63, 3.8) is 0 Å². The Morgan fingerprint density at radius 3 is 3.09 bits per heavy atom. The molecule has 0 saturated carbocycles. The van der Waals surface area contributed by atoms with Gasteiger partial charge in [-0.2, -0.15) is 0 Å². The number of rotatable bonds is 1. The molecule has 2 atom stereocenters. The summed E-state index contributed by atoms with van der Waals surface area (Å²) in [5, 5.41) is 9.30. The van der Waals surface area contributed by atoms with Gasteiger partial charge in [0, 0.05) is 16.0 Å². The van der Waals surface area contributed by atoms with Gasteiger partial charge in [0.25, 0.3) is 0 Å². The Balaban J connectivity index is 2.15. The fourth-order valence-corrected chi connectivity index (χ4v) is 3.77. The van der Waals surface area contributed by atoms with Crippen molar-refractivity contribution in [2.75, 3.05) is 19.7 Å². The Hall–Kier alpha value is 0.650. The van der Waals surface area contributed by atoms with Crippen LogP contribution in [0.1, 0.15) is 19.3 Å². The summed E-state index contributed by atoms with van der Waals surface area (Å²) in [5.41, 5.74) is 0.200. The van der Waals surface area contributed by atoms with Crippen LogP contribution in [-0.2, 0) is 0 Å². The molecule has 11 heavy (non-hydrogen) atoms. The van der Waals surface area contributed by atoms with Gasteiger partial charge in [-0.25, -0.2) is 0 Å². The van der Waals surface area contributed by atoms with Gasteiger partial charge in [-0.3, -0.25) is 4.90 Å². The maximum absolute atomic E-state index is 9.30. The molecule has 0 radical (unpaired) electrons. The van der Waals surface area contributed by atoms with E-state index in [-0.39, 0.29) is 5.54 Å². The maximum Gasteiger partial charge on any atom is 0.0615 e. The van der Waals surface area contributed by atoms with Crippen molar-refractivity contribution in [1.29, 1.82) is 0 Å².